The molecule has 0 aliphatic heterocycles. The van der Waals surface area contributed by atoms with Crippen molar-refractivity contribution in [2.24, 2.45) is 5.73 Å². The summed E-state index contributed by atoms with van der Waals surface area (Å²) >= 11 is 0. The van der Waals surface area contributed by atoms with Crippen LogP contribution in [0.3, 0.4) is 0 Å². The quantitative estimate of drug-likeness (QED) is 0.223. The van der Waals surface area contributed by atoms with E-state index in [9.17, 15) is 9.59 Å². The molecular weight excluding hydrogens is 488 g/mol. The van der Waals surface area contributed by atoms with Gasteiger partial charge >= 0.3 is 18.0 Å². The van der Waals surface area contributed by atoms with Crippen LogP contribution >= 0.6 is 0 Å². The van der Waals surface area contributed by atoms with E-state index in [-0.39, 0.29) is 17.2 Å². The van der Waals surface area contributed by atoms with Gasteiger partial charge in [0.05, 0.1) is 11.0 Å². The van der Waals surface area contributed by atoms with Gasteiger partial charge in [-0.2, -0.15) is 4.98 Å². The molecule has 1 amide bonds. The van der Waals surface area contributed by atoms with Crippen molar-refractivity contribution in [3.05, 3.63) is 71.4 Å². The molecule has 0 saturated carbocycles. The SMILES string of the molecule is Cc1ccc(-c2noc(C(=O)OC(N)=O)n2)c(-c2nc3ccc(C(C)(C)Cc4cnc(N)nc4)cc3[nH]2)c1. The van der Waals surface area contributed by atoms with Crippen molar-refractivity contribution in [1.29, 1.82) is 0 Å². The van der Waals surface area contributed by atoms with Crippen LogP contribution < -0.4 is 11.5 Å². The number of aryl methyl sites for hydroxylation is 1. The second-order valence-corrected chi connectivity index (χ2v) is 9.51. The Bertz CT molecular complexity index is 1670. The number of nitrogens with one attached hydrogen (secondary N) is 1. The van der Waals surface area contributed by atoms with E-state index in [1.807, 2.05) is 25.1 Å². The number of amides is 1. The molecule has 0 radical (unpaired) electrons. The summed E-state index contributed by atoms with van der Waals surface area (Å²) in [7, 11) is 0. The van der Waals surface area contributed by atoms with Gasteiger partial charge in [0.25, 0.3) is 0 Å². The van der Waals surface area contributed by atoms with Gasteiger partial charge in [0.15, 0.2) is 0 Å². The first-order valence-electron chi connectivity index (χ1n) is 11.6. The highest BCUT2D eigenvalue weighted by Gasteiger charge is 2.24. The Morgan fingerprint density at radius 1 is 1.05 bits per heavy atom. The number of esters is 1. The lowest BCUT2D eigenvalue weighted by atomic mass is 9.79. The number of H-pyrrole nitrogens is 1. The van der Waals surface area contributed by atoms with Crippen LogP contribution in [0.5, 0.6) is 0 Å². The molecule has 192 valence electrons. The zero-order valence-corrected chi connectivity index (χ0v) is 20.8. The zero-order valence-electron chi connectivity index (χ0n) is 20.8. The number of aromatic nitrogens is 6. The van der Waals surface area contributed by atoms with Crippen molar-refractivity contribution >= 4 is 29.0 Å². The summed E-state index contributed by atoms with van der Waals surface area (Å²) in [6.45, 7) is 6.25. The van der Waals surface area contributed by atoms with Gasteiger partial charge in [-0.25, -0.2) is 24.5 Å². The van der Waals surface area contributed by atoms with Crippen LogP contribution in [0, 0.1) is 6.92 Å². The number of rotatable bonds is 6. The monoisotopic (exact) mass is 512 g/mol. The Morgan fingerprint density at radius 3 is 2.55 bits per heavy atom. The van der Waals surface area contributed by atoms with Gasteiger partial charge in [0.1, 0.15) is 5.82 Å². The molecule has 0 saturated heterocycles. The van der Waals surface area contributed by atoms with Gasteiger partial charge in [-0.1, -0.05) is 42.8 Å². The lowest BCUT2D eigenvalue weighted by Crippen LogP contribution is -2.20. The molecule has 5 aromatic rings. The van der Waals surface area contributed by atoms with E-state index in [1.165, 1.54) is 0 Å². The minimum absolute atomic E-state index is 0.129. The molecule has 3 aromatic heterocycles. The Morgan fingerprint density at radius 2 is 1.82 bits per heavy atom. The lowest BCUT2D eigenvalue weighted by Gasteiger charge is -2.25. The second-order valence-electron chi connectivity index (χ2n) is 9.51. The van der Waals surface area contributed by atoms with Crippen LogP contribution in [0.25, 0.3) is 33.8 Å². The van der Waals surface area contributed by atoms with Crippen molar-refractivity contribution in [2.45, 2.75) is 32.6 Å². The fraction of sp³-hybridized carbons (Fsp3) is 0.192. The van der Waals surface area contributed by atoms with Gasteiger partial charge in [0, 0.05) is 23.5 Å². The van der Waals surface area contributed by atoms with Crippen molar-refractivity contribution in [2.75, 3.05) is 5.73 Å². The number of hydrogen-bond acceptors (Lipinski definition) is 10. The van der Waals surface area contributed by atoms with Crippen LogP contribution in [0.15, 0.2) is 53.3 Å². The number of anilines is 1. The zero-order chi connectivity index (χ0) is 27.0. The van der Waals surface area contributed by atoms with E-state index in [0.717, 1.165) is 34.1 Å². The smallest absolute Gasteiger partial charge is 0.369 e. The number of fused-ring (bicyclic) bond motifs is 1. The first-order chi connectivity index (χ1) is 18.1. The molecule has 0 bridgehead atoms. The predicted octanol–water partition coefficient (Wildman–Crippen LogP) is 3.72. The molecule has 12 heteroatoms. The van der Waals surface area contributed by atoms with Crippen molar-refractivity contribution in [1.82, 2.24) is 30.1 Å². The number of hydrogen-bond donors (Lipinski definition) is 3. The van der Waals surface area contributed by atoms with Crippen LogP contribution in [0.4, 0.5) is 10.7 Å². The first kappa shape index (κ1) is 24.6. The molecule has 38 heavy (non-hydrogen) atoms. The molecular formula is C26H24N8O4. The molecule has 0 aliphatic rings. The topological polar surface area (TPSA) is 189 Å². The molecule has 5 N–H and O–H groups in total. The molecule has 0 fully saturated rings. The number of ether oxygens (including phenoxy) is 1. The van der Waals surface area contributed by atoms with Gasteiger partial charge in [-0.3, -0.25) is 0 Å². The third-order valence-electron chi connectivity index (χ3n) is 6.10. The van der Waals surface area contributed by atoms with Gasteiger partial charge in [0.2, 0.25) is 11.8 Å². The number of nitrogens with zero attached hydrogens (tertiary/aromatic N) is 5. The number of nitrogens with two attached hydrogens (primary N) is 2. The number of benzene rings is 2. The number of carbonyl (C=O) groups excluding carboxylic acids is 2. The highest BCUT2D eigenvalue weighted by atomic mass is 16.6. The van der Waals surface area contributed by atoms with Crippen LogP contribution in [0.2, 0.25) is 0 Å². The molecule has 3 heterocycles. The summed E-state index contributed by atoms with van der Waals surface area (Å²) in [5, 5.41) is 3.88. The predicted molar refractivity (Wildman–Crippen MR) is 138 cm³/mol. The molecule has 0 aliphatic carbocycles. The maximum Gasteiger partial charge on any atom is 0.412 e. The summed E-state index contributed by atoms with van der Waals surface area (Å²) in [5.74, 6) is -0.658. The van der Waals surface area contributed by atoms with Gasteiger partial charge in [-0.05, 0) is 48.1 Å². The summed E-state index contributed by atoms with van der Waals surface area (Å²) in [6.07, 6.45) is 2.94. The summed E-state index contributed by atoms with van der Waals surface area (Å²) in [4.78, 5) is 43.2. The average Bonchev–Trinajstić information content (AvgIpc) is 3.52. The van der Waals surface area contributed by atoms with Crippen LogP contribution in [0.1, 0.15) is 41.2 Å². The molecule has 5 rings (SSSR count). The summed E-state index contributed by atoms with van der Waals surface area (Å²) < 4.78 is 9.29. The van der Waals surface area contributed by atoms with E-state index in [1.54, 1.807) is 18.5 Å². The Labute approximate surface area is 216 Å². The maximum absolute atomic E-state index is 11.9. The van der Waals surface area contributed by atoms with E-state index >= 15 is 0 Å². The Kier molecular flexibility index (Phi) is 6.07. The Balaban J connectivity index is 1.49. The molecule has 0 atom stereocenters. The molecule has 0 spiro atoms. The van der Waals surface area contributed by atoms with Crippen molar-refractivity contribution in [3.63, 3.8) is 0 Å². The third kappa shape index (κ3) is 4.91. The normalized spacial score (nSPS) is 11.6. The summed E-state index contributed by atoms with van der Waals surface area (Å²) in [6, 6.07) is 11.7. The van der Waals surface area contributed by atoms with Crippen LogP contribution in [-0.4, -0.2) is 42.1 Å². The number of aromatic amines is 1. The average molecular weight is 513 g/mol. The Hall–Kier alpha value is -5.13. The number of imidazole rings is 1. The number of primary amides is 1. The van der Waals surface area contributed by atoms with Crippen LogP contribution in [-0.2, 0) is 16.6 Å². The van der Waals surface area contributed by atoms with Gasteiger partial charge < -0.3 is 25.7 Å². The standard InChI is InChI=1S/C26H24N8O4/c1-13-4-6-16(21-33-22(38-34-21)23(35)37-25(28)36)17(8-13)20-31-18-7-5-15(9-19(18)32-20)26(2,3)10-14-11-29-24(27)30-12-14/h4-9,11-12H,10H2,1-3H3,(H2,28,36)(H,31,32)(H2,27,29,30). The minimum Gasteiger partial charge on any atom is -0.369 e. The lowest BCUT2D eigenvalue weighted by molar-refractivity contribution is 0.0586. The first-order valence-corrected chi connectivity index (χ1v) is 11.6. The second kappa shape index (κ2) is 9.39. The largest absolute Gasteiger partial charge is 0.412 e. The molecule has 12 nitrogen and oxygen atoms in total. The number of nitrogen functional groups attached to an aromatic ring is 1. The van der Waals surface area contributed by atoms with Crippen molar-refractivity contribution < 1.29 is 18.8 Å². The maximum atomic E-state index is 11.9. The molecule has 2 aromatic carbocycles. The van der Waals surface area contributed by atoms with Gasteiger partial charge in [-0.15, -0.1) is 0 Å². The highest BCUT2D eigenvalue weighted by molar-refractivity contribution is 5.93. The van der Waals surface area contributed by atoms with E-state index < -0.39 is 18.0 Å². The summed E-state index contributed by atoms with van der Waals surface area (Å²) in [5.41, 5.74) is 16.3. The minimum atomic E-state index is -1.27. The third-order valence-corrected chi connectivity index (χ3v) is 6.10. The van der Waals surface area contributed by atoms with E-state index in [0.29, 0.717) is 17.0 Å². The van der Waals surface area contributed by atoms with Crippen molar-refractivity contribution in [3.8, 4) is 22.8 Å². The molecule has 0 unspecified atom stereocenters. The number of carbonyl (C=O) groups is 2. The van der Waals surface area contributed by atoms with E-state index in [2.05, 4.69) is 55.8 Å². The highest BCUT2D eigenvalue weighted by Crippen LogP contribution is 2.33. The van der Waals surface area contributed by atoms with E-state index in [4.69, 9.17) is 21.0 Å². The fourth-order valence-corrected chi connectivity index (χ4v) is 4.23. The fourth-order valence-electron chi connectivity index (χ4n) is 4.23.